The number of rotatable bonds is 6. The number of amides is 1. The number of hydrogen-bond donors (Lipinski definition) is 0. The monoisotopic (exact) mass is 529 g/mol. The average molecular weight is 529 g/mol. The molecule has 2 radical (unpaired) electrons. The van der Waals surface area contributed by atoms with Crippen LogP contribution in [0.3, 0.4) is 0 Å². The fraction of sp³-hybridized carbons (Fsp3) is 0.231. The number of ether oxygens (including phenoxy) is 1. The summed E-state index contributed by atoms with van der Waals surface area (Å²) in [5, 5.41) is 8.94. The Labute approximate surface area is 210 Å². The summed E-state index contributed by atoms with van der Waals surface area (Å²) in [6.07, 6.45) is 5.57. The molecule has 1 fully saturated rings. The molecular weight excluding hydrogens is 508 g/mol. The number of hydrogen-bond acceptors (Lipinski definition) is 5. The Kier molecular flexibility index (Phi) is 6.52. The van der Waals surface area contributed by atoms with E-state index in [-0.39, 0.29) is 18.4 Å². The van der Waals surface area contributed by atoms with Crippen molar-refractivity contribution in [3.63, 3.8) is 0 Å². The number of para-hydroxylation sites is 1. The Hall–Kier alpha value is -3.69. The molecule has 174 valence electrons. The Morgan fingerprint density at radius 1 is 1.23 bits per heavy atom. The predicted molar refractivity (Wildman–Crippen MR) is 129 cm³/mol. The van der Waals surface area contributed by atoms with Gasteiger partial charge in [-0.1, -0.05) is 0 Å². The van der Waals surface area contributed by atoms with Gasteiger partial charge < -0.3 is 0 Å². The Morgan fingerprint density at radius 2 is 2.06 bits per heavy atom. The van der Waals surface area contributed by atoms with Crippen LogP contribution in [0.2, 0.25) is 0 Å². The molecule has 0 N–H and O–H groups in total. The van der Waals surface area contributed by atoms with E-state index in [1.807, 2.05) is 40.8 Å². The molecule has 3 heterocycles. The number of carbonyl (C=O) groups is 1. The van der Waals surface area contributed by atoms with Gasteiger partial charge in [0.2, 0.25) is 0 Å². The first kappa shape index (κ1) is 23.1. The first-order chi connectivity index (χ1) is 17.0. The molecule has 1 saturated heterocycles. The number of nitrogens with zero attached hydrogens (tertiary/aromatic N) is 5. The van der Waals surface area contributed by atoms with Crippen molar-refractivity contribution in [3.05, 3.63) is 72.6 Å². The van der Waals surface area contributed by atoms with E-state index in [1.165, 1.54) is 6.07 Å². The van der Waals surface area contributed by atoms with E-state index >= 15 is 4.39 Å². The van der Waals surface area contributed by atoms with Gasteiger partial charge in [-0.15, -0.1) is 0 Å². The molecule has 7 nitrogen and oxygen atoms in total. The third-order valence-electron chi connectivity index (χ3n) is 6.13. The molecule has 0 spiro atoms. The van der Waals surface area contributed by atoms with Crippen LogP contribution >= 0.6 is 0 Å². The first-order valence-electron chi connectivity index (χ1n) is 11.3. The summed E-state index contributed by atoms with van der Waals surface area (Å²) in [4.78, 5) is 23.4. The summed E-state index contributed by atoms with van der Waals surface area (Å²) < 4.78 is 23.7. The summed E-state index contributed by atoms with van der Waals surface area (Å²) in [6, 6.07) is 15.8. The van der Waals surface area contributed by atoms with E-state index in [0.29, 0.717) is 45.7 Å². The van der Waals surface area contributed by atoms with Gasteiger partial charge in [0, 0.05) is 0 Å². The van der Waals surface area contributed by atoms with Crippen molar-refractivity contribution in [3.8, 4) is 28.8 Å². The van der Waals surface area contributed by atoms with Crippen LogP contribution in [-0.2, 0) is 11.2 Å². The van der Waals surface area contributed by atoms with E-state index in [1.54, 1.807) is 29.4 Å². The van der Waals surface area contributed by atoms with Crippen LogP contribution in [-0.4, -0.2) is 54.6 Å². The van der Waals surface area contributed by atoms with E-state index in [4.69, 9.17) is 15.0 Å². The van der Waals surface area contributed by atoms with Crippen LogP contribution in [0.5, 0.6) is 11.5 Å². The number of aromatic nitrogens is 3. The fourth-order valence-corrected chi connectivity index (χ4v) is 5.14. The second-order valence-electron chi connectivity index (χ2n) is 8.33. The van der Waals surface area contributed by atoms with Gasteiger partial charge in [0.15, 0.2) is 0 Å². The number of carbonyl (C=O) groups excluding carboxylic acids is 1. The van der Waals surface area contributed by atoms with E-state index in [9.17, 15) is 4.79 Å². The third-order valence-corrected chi connectivity index (χ3v) is 6.82. The van der Waals surface area contributed by atoms with E-state index in [0.717, 1.165) is 18.7 Å². The summed E-state index contributed by atoms with van der Waals surface area (Å²) in [7, 11) is 0. The van der Waals surface area contributed by atoms with Crippen molar-refractivity contribution in [2.75, 3.05) is 6.54 Å². The van der Waals surface area contributed by atoms with Crippen LogP contribution in [0, 0.1) is 17.1 Å². The summed E-state index contributed by atoms with van der Waals surface area (Å²) >= 11 is 2.41. The molecule has 2 aromatic carbocycles. The van der Waals surface area contributed by atoms with Crippen LogP contribution in [0.15, 0.2) is 60.9 Å². The number of halogens is 1. The van der Waals surface area contributed by atoms with Crippen molar-refractivity contribution in [2.24, 2.45) is 0 Å². The Bertz CT molecular complexity index is 1430. The van der Waals surface area contributed by atoms with Crippen molar-refractivity contribution in [2.45, 2.75) is 31.7 Å². The topological polar surface area (TPSA) is 83.5 Å². The van der Waals surface area contributed by atoms with E-state index < -0.39 is 5.82 Å². The molecule has 9 heteroatoms. The van der Waals surface area contributed by atoms with Crippen LogP contribution in [0.4, 0.5) is 4.39 Å². The molecule has 0 unspecified atom stereocenters. The van der Waals surface area contributed by atoms with Crippen LogP contribution in [0.1, 0.15) is 25.1 Å². The molecule has 0 bridgehead atoms. The zero-order chi connectivity index (χ0) is 24.4. The molecule has 1 atom stereocenters. The molecule has 35 heavy (non-hydrogen) atoms. The minimum atomic E-state index is -0.451. The molecule has 0 aliphatic carbocycles. The maximum atomic E-state index is 15.3. The van der Waals surface area contributed by atoms with Gasteiger partial charge in [-0.25, -0.2) is 0 Å². The molecule has 2 aromatic heterocycles. The number of benzene rings is 2. The third kappa shape index (κ3) is 4.65. The Balaban J connectivity index is 1.50. The average Bonchev–Trinajstić information content (AvgIpc) is 3.46. The molecule has 1 amide bonds. The van der Waals surface area contributed by atoms with Crippen molar-refractivity contribution < 1.29 is 13.9 Å². The number of nitriles is 1. The summed E-state index contributed by atoms with van der Waals surface area (Å²) in [5.41, 5.74) is 1.53. The number of fused-ring (bicyclic) bond motifs is 1. The van der Waals surface area contributed by atoms with Crippen LogP contribution in [0.25, 0.3) is 16.8 Å². The zero-order valence-electron chi connectivity index (χ0n) is 18.8. The molecule has 1 aliphatic rings. The zero-order valence-corrected chi connectivity index (χ0v) is 20.6. The van der Waals surface area contributed by atoms with Crippen molar-refractivity contribution in [1.29, 1.82) is 5.26 Å². The van der Waals surface area contributed by atoms with Crippen molar-refractivity contribution >= 4 is 32.8 Å². The minimum absolute atomic E-state index is 0.0521. The van der Waals surface area contributed by atoms with Gasteiger partial charge in [-0.2, -0.15) is 0 Å². The van der Waals surface area contributed by atoms with Gasteiger partial charge in [-0.3, -0.25) is 0 Å². The normalized spacial score (nSPS) is 15.3. The molecule has 0 saturated carbocycles. The van der Waals surface area contributed by atoms with Gasteiger partial charge in [0.05, 0.1) is 0 Å². The van der Waals surface area contributed by atoms with Gasteiger partial charge in [0.1, 0.15) is 0 Å². The Morgan fingerprint density at radius 3 is 2.83 bits per heavy atom. The fourth-order valence-electron chi connectivity index (χ4n) is 4.55. The standard InChI is InChI=1S/C26H21AsFN5O2/c27-26-25-24(20-9-8-19(16-21(20)28)35-18-6-2-1-3-7-18)31-22(33(25)14-12-30-26)15-17-5-4-13-32(17)23(34)10-11-29/h1-3,6-9,12,14,16-17H,4-5,10,13,15H2/t17-/m0/s1. The van der Waals surface area contributed by atoms with Crippen LogP contribution < -0.4 is 9.22 Å². The molecule has 4 aromatic rings. The van der Waals surface area contributed by atoms with E-state index in [2.05, 4.69) is 21.8 Å². The summed E-state index contributed by atoms with van der Waals surface area (Å²) in [5.74, 6) is 1.12. The SMILES string of the molecule is N#CCC(=O)N1CCC[C@H]1Cc1nc(-c2ccc(Oc3ccccc3)cc2F)c2c([As])nccn12. The van der Waals surface area contributed by atoms with Gasteiger partial charge >= 0.3 is 211 Å². The van der Waals surface area contributed by atoms with Crippen molar-refractivity contribution in [1.82, 2.24) is 19.3 Å². The second kappa shape index (κ2) is 9.89. The van der Waals surface area contributed by atoms with Gasteiger partial charge in [0.25, 0.3) is 0 Å². The molecular formula is C26H21AsFN5O2. The molecule has 1 aliphatic heterocycles. The first-order valence-corrected chi connectivity index (χ1v) is 12.2. The van der Waals surface area contributed by atoms with Gasteiger partial charge in [-0.05, 0) is 0 Å². The number of likely N-dealkylation sites (tertiary alicyclic amines) is 1. The predicted octanol–water partition coefficient (Wildman–Crippen LogP) is 3.57. The quantitative estimate of drug-likeness (QED) is 0.357. The summed E-state index contributed by atoms with van der Waals surface area (Å²) in [6.45, 7) is 0.635. The maximum absolute atomic E-state index is 15.3. The molecule has 5 rings (SSSR count). The number of imidazole rings is 1. The second-order valence-corrected chi connectivity index (χ2v) is 9.21.